The Bertz CT molecular complexity index is 240. The summed E-state index contributed by atoms with van der Waals surface area (Å²) in [7, 11) is 0. The van der Waals surface area contributed by atoms with Gasteiger partial charge in [-0.1, -0.05) is 33.1 Å². The molecule has 1 heterocycles. The Labute approximate surface area is 117 Å². The van der Waals surface area contributed by atoms with Crippen molar-refractivity contribution in [2.75, 3.05) is 19.7 Å². The van der Waals surface area contributed by atoms with Gasteiger partial charge in [-0.3, -0.25) is 4.79 Å². The highest BCUT2D eigenvalue weighted by Gasteiger charge is 2.16. The van der Waals surface area contributed by atoms with Crippen LogP contribution in [0.15, 0.2) is 0 Å². The Morgan fingerprint density at radius 3 is 2.63 bits per heavy atom. The van der Waals surface area contributed by atoms with E-state index in [4.69, 9.17) is 4.74 Å². The van der Waals surface area contributed by atoms with Crippen LogP contribution in [0.3, 0.4) is 0 Å². The highest BCUT2D eigenvalue weighted by Crippen LogP contribution is 2.08. The summed E-state index contributed by atoms with van der Waals surface area (Å²) in [6.45, 7) is 6.57. The van der Waals surface area contributed by atoms with Crippen LogP contribution in [0.25, 0.3) is 0 Å². The maximum Gasteiger partial charge on any atom is 0.246 e. The maximum absolute atomic E-state index is 11.9. The second-order valence-corrected chi connectivity index (χ2v) is 5.46. The molecule has 1 aliphatic heterocycles. The number of amides is 1. The second kappa shape index (κ2) is 10.2. The molecule has 1 amide bonds. The first-order valence-corrected chi connectivity index (χ1v) is 7.88. The van der Waals surface area contributed by atoms with Crippen molar-refractivity contribution in [3.8, 4) is 0 Å². The monoisotopic (exact) mass is 270 g/mol. The van der Waals surface area contributed by atoms with Crippen LogP contribution in [0.4, 0.5) is 0 Å². The normalized spacial score (nSPS) is 18.2. The van der Waals surface area contributed by atoms with Crippen molar-refractivity contribution >= 4 is 5.91 Å². The minimum atomic E-state index is 0.0492. The van der Waals surface area contributed by atoms with Gasteiger partial charge >= 0.3 is 0 Å². The summed E-state index contributed by atoms with van der Waals surface area (Å²) in [6, 6.07) is 0.328. The molecule has 0 aromatic carbocycles. The number of nitrogens with one attached hydrogen (secondary N) is 2. The standard InChI is InChI=1S/C15H30N2O2/c1-3-5-7-13(6-4-2)17-15(18)12-19-14-8-10-16-11-9-14/h13-14,16H,3-12H2,1-2H3,(H,17,18). The lowest BCUT2D eigenvalue weighted by atomic mass is 10.1. The Balaban J connectivity index is 2.18. The Kier molecular flexibility index (Phi) is 8.84. The van der Waals surface area contributed by atoms with E-state index < -0.39 is 0 Å². The number of hydrogen-bond donors (Lipinski definition) is 2. The molecular formula is C15H30N2O2. The lowest BCUT2D eigenvalue weighted by Gasteiger charge is -2.23. The van der Waals surface area contributed by atoms with Gasteiger partial charge in [0.15, 0.2) is 0 Å². The van der Waals surface area contributed by atoms with Crippen molar-refractivity contribution in [2.45, 2.75) is 70.9 Å². The zero-order valence-corrected chi connectivity index (χ0v) is 12.5. The second-order valence-electron chi connectivity index (χ2n) is 5.46. The zero-order valence-electron chi connectivity index (χ0n) is 12.5. The summed E-state index contributed by atoms with van der Waals surface area (Å²) in [6.07, 6.45) is 7.92. The van der Waals surface area contributed by atoms with Crippen LogP contribution in [0.1, 0.15) is 58.8 Å². The number of carbonyl (C=O) groups is 1. The molecule has 1 rings (SSSR count). The van der Waals surface area contributed by atoms with Gasteiger partial charge in [0, 0.05) is 6.04 Å². The maximum atomic E-state index is 11.9. The summed E-state index contributed by atoms with van der Waals surface area (Å²) in [4.78, 5) is 11.9. The summed E-state index contributed by atoms with van der Waals surface area (Å²) < 4.78 is 5.68. The molecule has 1 fully saturated rings. The summed E-state index contributed by atoms with van der Waals surface area (Å²) in [5, 5.41) is 6.41. The molecule has 112 valence electrons. The molecular weight excluding hydrogens is 240 g/mol. The highest BCUT2D eigenvalue weighted by molar-refractivity contribution is 5.77. The van der Waals surface area contributed by atoms with Crippen LogP contribution >= 0.6 is 0 Å². The third-order valence-electron chi connectivity index (χ3n) is 3.64. The SMILES string of the molecule is CCCCC(CCC)NC(=O)COC1CCNCC1. The van der Waals surface area contributed by atoms with Gasteiger partial charge in [0.1, 0.15) is 6.61 Å². The van der Waals surface area contributed by atoms with Crippen LogP contribution in [0.5, 0.6) is 0 Å². The average molecular weight is 270 g/mol. The fraction of sp³-hybridized carbons (Fsp3) is 0.933. The summed E-state index contributed by atoms with van der Waals surface area (Å²) in [5.74, 6) is 0.0492. The molecule has 1 atom stereocenters. The van der Waals surface area contributed by atoms with E-state index in [0.29, 0.717) is 6.04 Å². The molecule has 19 heavy (non-hydrogen) atoms. The molecule has 1 saturated heterocycles. The Hall–Kier alpha value is -0.610. The summed E-state index contributed by atoms with van der Waals surface area (Å²) in [5.41, 5.74) is 0. The van der Waals surface area contributed by atoms with Gasteiger partial charge in [0.05, 0.1) is 6.10 Å². The topological polar surface area (TPSA) is 50.4 Å². The third-order valence-corrected chi connectivity index (χ3v) is 3.64. The van der Waals surface area contributed by atoms with Crippen molar-refractivity contribution < 1.29 is 9.53 Å². The number of unbranched alkanes of at least 4 members (excludes halogenated alkanes) is 1. The van der Waals surface area contributed by atoms with E-state index in [9.17, 15) is 4.79 Å². The minimum Gasteiger partial charge on any atom is -0.368 e. The first-order chi connectivity index (χ1) is 9.26. The van der Waals surface area contributed by atoms with Crippen molar-refractivity contribution in [2.24, 2.45) is 0 Å². The van der Waals surface area contributed by atoms with Crippen LogP contribution in [-0.4, -0.2) is 37.7 Å². The Morgan fingerprint density at radius 1 is 1.26 bits per heavy atom. The Morgan fingerprint density at radius 2 is 2.00 bits per heavy atom. The van der Waals surface area contributed by atoms with Crippen LogP contribution in [-0.2, 0) is 9.53 Å². The van der Waals surface area contributed by atoms with E-state index in [0.717, 1.165) is 45.2 Å². The largest absolute Gasteiger partial charge is 0.368 e. The number of carbonyl (C=O) groups excluding carboxylic acids is 1. The predicted octanol–water partition coefficient (Wildman–Crippen LogP) is 2.23. The van der Waals surface area contributed by atoms with Gasteiger partial charge in [0.2, 0.25) is 5.91 Å². The molecule has 0 aromatic heterocycles. The zero-order chi connectivity index (χ0) is 13.9. The quantitative estimate of drug-likeness (QED) is 0.675. The molecule has 0 aliphatic carbocycles. The number of rotatable bonds is 9. The van der Waals surface area contributed by atoms with Gasteiger partial charge < -0.3 is 15.4 Å². The van der Waals surface area contributed by atoms with Gasteiger partial charge in [-0.05, 0) is 38.8 Å². The van der Waals surface area contributed by atoms with E-state index in [2.05, 4.69) is 24.5 Å². The van der Waals surface area contributed by atoms with Gasteiger partial charge in [-0.2, -0.15) is 0 Å². The minimum absolute atomic E-state index is 0.0492. The molecule has 1 unspecified atom stereocenters. The lowest BCUT2D eigenvalue weighted by molar-refractivity contribution is -0.129. The first-order valence-electron chi connectivity index (χ1n) is 7.88. The van der Waals surface area contributed by atoms with Crippen molar-refractivity contribution in [3.63, 3.8) is 0 Å². The smallest absolute Gasteiger partial charge is 0.246 e. The predicted molar refractivity (Wildman–Crippen MR) is 78.2 cm³/mol. The summed E-state index contributed by atoms with van der Waals surface area (Å²) >= 11 is 0. The average Bonchev–Trinajstić information content (AvgIpc) is 2.44. The molecule has 0 aromatic rings. The van der Waals surface area contributed by atoms with Gasteiger partial charge in [-0.15, -0.1) is 0 Å². The molecule has 1 aliphatic rings. The van der Waals surface area contributed by atoms with Crippen LogP contribution in [0.2, 0.25) is 0 Å². The van der Waals surface area contributed by atoms with E-state index in [1.165, 1.54) is 12.8 Å². The lowest BCUT2D eigenvalue weighted by Crippen LogP contribution is -2.39. The fourth-order valence-electron chi connectivity index (χ4n) is 2.51. The molecule has 4 heteroatoms. The van der Waals surface area contributed by atoms with Crippen molar-refractivity contribution in [1.29, 1.82) is 0 Å². The molecule has 0 spiro atoms. The van der Waals surface area contributed by atoms with E-state index in [1.807, 2.05) is 0 Å². The fourth-order valence-corrected chi connectivity index (χ4v) is 2.51. The van der Waals surface area contributed by atoms with E-state index in [-0.39, 0.29) is 18.6 Å². The number of hydrogen-bond acceptors (Lipinski definition) is 3. The highest BCUT2D eigenvalue weighted by atomic mass is 16.5. The van der Waals surface area contributed by atoms with Gasteiger partial charge in [-0.25, -0.2) is 0 Å². The molecule has 2 N–H and O–H groups in total. The van der Waals surface area contributed by atoms with E-state index >= 15 is 0 Å². The van der Waals surface area contributed by atoms with Crippen LogP contribution in [0, 0.1) is 0 Å². The third kappa shape index (κ3) is 7.53. The van der Waals surface area contributed by atoms with Crippen LogP contribution < -0.4 is 10.6 Å². The molecule has 0 radical (unpaired) electrons. The van der Waals surface area contributed by atoms with Gasteiger partial charge in [0.25, 0.3) is 0 Å². The van der Waals surface area contributed by atoms with E-state index in [1.54, 1.807) is 0 Å². The molecule has 4 nitrogen and oxygen atoms in total. The molecule has 0 bridgehead atoms. The number of ether oxygens (including phenoxy) is 1. The van der Waals surface area contributed by atoms with Crippen molar-refractivity contribution in [3.05, 3.63) is 0 Å². The molecule has 0 saturated carbocycles. The van der Waals surface area contributed by atoms with Crippen molar-refractivity contribution in [1.82, 2.24) is 10.6 Å². The first kappa shape index (κ1) is 16.4. The number of piperidine rings is 1.